The number of carbonyl (C=O) groups is 2. The minimum absolute atomic E-state index is 0.000991. The average molecular weight is 433 g/mol. The summed E-state index contributed by atoms with van der Waals surface area (Å²) < 4.78 is 39.0. The van der Waals surface area contributed by atoms with Gasteiger partial charge in [0, 0.05) is 30.3 Å². The van der Waals surface area contributed by atoms with E-state index >= 15 is 0 Å². The molecule has 2 aromatic carbocycles. The van der Waals surface area contributed by atoms with Crippen molar-refractivity contribution in [3.63, 3.8) is 0 Å². The molecule has 1 aliphatic heterocycles. The first-order valence-corrected chi connectivity index (χ1v) is 11.5. The molecule has 2 amide bonds. The van der Waals surface area contributed by atoms with Crippen molar-refractivity contribution in [2.45, 2.75) is 51.0 Å². The first-order valence-electron chi connectivity index (χ1n) is 9.86. The number of halogens is 1. The molecular weight excluding hydrogens is 407 g/mol. The number of nitrogens with one attached hydrogen (secondary N) is 1. The molecule has 3 rings (SSSR count). The van der Waals surface area contributed by atoms with Crippen LogP contribution in [0.4, 0.5) is 15.8 Å². The maximum atomic E-state index is 13.6. The molecule has 30 heavy (non-hydrogen) atoms. The SMILES string of the molecule is CCC(=O)N1c2ccc(S(=O)(=O)CCC(=O)Nc3ccc(C)c(F)c3)cc2C[C@@H]1C. The van der Waals surface area contributed by atoms with E-state index in [1.807, 2.05) is 6.92 Å². The monoisotopic (exact) mass is 432 g/mol. The van der Waals surface area contributed by atoms with Crippen molar-refractivity contribution in [1.29, 1.82) is 0 Å². The molecule has 0 spiro atoms. The molecule has 0 saturated carbocycles. The van der Waals surface area contributed by atoms with Crippen LogP contribution in [0.25, 0.3) is 0 Å². The molecule has 1 atom stereocenters. The van der Waals surface area contributed by atoms with Gasteiger partial charge in [-0.25, -0.2) is 12.8 Å². The van der Waals surface area contributed by atoms with Crippen molar-refractivity contribution >= 4 is 33.0 Å². The van der Waals surface area contributed by atoms with Crippen molar-refractivity contribution in [2.75, 3.05) is 16.0 Å². The second-order valence-electron chi connectivity index (χ2n) is 7.54. The first kappa shape index (κ1) is 22.0. The van der Waals surface area contributed by atoms with Crippen LogP contribution in [0.3, 0.4) is 0 Å². The van der Waals surface area contributed by atoms with Gasteiger partial charge in [-0.1, -0.05) is 13.0 Å². The lowest BCUT2D eigenvalue weighted by molar-refractivity contribution is -0.118. The third-order valence-electron chi connectivity index (χ3n) is 5.25. The van der Waals surface area contributed by atoms with Crippen molar-refractivity contribution in [1.82, 2.24) is 0 Å². The van der Waals surface area contributed by atoms with Crippen molar-refractivity contribution in [3.05, 3.63) is 53.3 Å². The lowest BCUT2D eigenvalue weighted by Gasteiger charge is -2.22. The van der Waals surface area contributed by atoms with Gasteiger partial charge in [-0.3, -0.25) is 9.59 Å². The van der Waals surface area contributed by atoms with E-state index in [1.54, 1.807) is 43.0 Å². The van der Waals surface area contributed by atoms with Crippen LogP contribution >= 0.6 is 0 Å². The fraction of sp³-hybridized carbons (Fsp3) is 0.364. The number of aryl methyl sites for hydroxylation is 1. The summed E-state index contributed by atoms with van der Waals surface area (Å²) in [4.78, 5) is 26.1. The lowest BCUT2D eigenvalue weighted by atomic mass is 10.1. The molecule has 0 fully saturated rings. The number of hydrogen-bond acceptors (Lipinski definition) is 4. The Labute approximate surface area is 176 Å². The predicted molar refractivity (Wildman–Crippen MR) is 114 cm³/mol. The number of nitrogens with zero attached hydrogens (tertiary/aromatic N) is 1. The van der Waals surface area contributed by atoms with Crippen molar-refractivity contribution in [2.24, 2.45) is 0 Å². The number of anilines is 2. The van der Waals surface area contributed by atoms with E-state index in [4.69, 9.17) is 0 Å². The zero-order valence-electron chi connectivity index (χ0n) is 17.2. The van der Waals surface area contributed by atoms with Gasteiger partial charge in [0.1, 0.15) is 5.82 Å². The molecule has 0 radical (unpaired) electrons. The summed E-state index contributed by atoms with van der Waals surface area (Å²) in [6.07, 6.45) is 0.722. The molecule has 1 N–H and O–H groups in total. The smallest absolute Gasteiger partial charge is 0.226 e. The second kappa shape index (κ2) is 8.55. The van der Waals surface area contributed by atoms with E-state index in [0.717, 1.165) is 11.3 Å². The standard InChI is InChI=1S/C22H25FN2O4S/c1-4-22(27)25-15(3)11-16-12-18(7-8-20(16)25)30(28,29)10-9-21(26)24-17-6-5-14(2)19(23)13-17/h5-8,12-13,15H,4,9-11H2,1-3H3,(H,24,26)/t15-/m0/s1. The first-order chi connectivity index (χ1) is 14.1. The number of amides is 2. The molecule has 8 heteroatoms. The van der Waals surface area contributed by atoms with E-state index in [1.165, 1.54) is 12.1 Å². The number of carbonyl (C=O) groups excluding carboxylic acids is 2. The summed E-state index contributed by atoms with van der Waals surface area (Å²) in [5.41, 5.74) is 2.30. The number of fused-ring (bicyclic) bond motifs is 1. The van der Waals surface area contributed by atoms with Crippen LogP contribution in [-0.4, -0.2) is 32.0 Å². The molecule has 0 unspecified atom stereocenters. The van der Waals surface area contributed by atoms with Crippen molar-refractivity contribution in [3.8, 4) is 0 Å². The molecule has 0 bridgehead atoms. The zero-order valence-corrected chi connectivity index (χ0v) is 18.1. The predicted octanol–water partition coefficient (Wildman–Crippen LogP) is 3.62. The van der Waals surface area contributed by atoms with Crippen LogP contribution in [0.5, 0.6) is 0 Å². The summed E-state index contributed by atoms with van der Waals surface area (Å²) in [6, 6.07) is 9.02. The maximum Gasteiger partial charge on any atom is 0.226 e. The summed E-state index contributed by atoms with van der Waals surface area (Å²) in [5.74, 6) is -1.31. The summed E-state index contributed by atoms with van der Waals surface area (Å²) in [7, 11) is -3.68. The minimum atomic E-state index is -3.68. The van der Waals surface area contributed by atoms with Crippen LogP contribution in [0.15, 0.2) is 41.3 Å². The third-order valence-corrected chi connectivity index (χ3v) is 6.96. The Morgan fingerprint density at radius 1 is 1.20 bits per heavy atom. The third kappa shape index (κ3) is 4.53. The molecule has 6 nitrogen and oxygen atoms in total. The number of benzene rings is 2. The van der Waals surface area contributed by atoms with Gasteiger partial charge in [-0.05, 0) is 61.7 Å². The Balaban J connectivity index is 1.69. The van der Waals surface area contributed by atoms with Crippen LogP contribution in [0.2, 0.25) is 0 Å². The fourth-order valence-electron chi connectivity index (χ4n) is 3.59. The lowest BCUT2D eigenvalue weighted by Crippen LogP contribution is -2.35. The maximum absolute atomic E-state index is 13.6. The normalized spacial score (nSPS) is 15.7. The van der Waals surface area contributed by atoms with Gasteiger partial charge in [-0.15, -0.1) is 0 Å². The number of hydrogen-bond donors (Lipinski definition) is 1. The molecule has 160 valence electrons. The Morgan fingerprint density at radius 3 is 2.60 bits per heavy atom. The van der Waals surface area contributed by atoms with E-state index in [2.05, 4.69) is 5.32 Å². The van der Waals surface area contributed by atoms with Crippen LogP contribution in [0, 0.1) is 12.7 Å². The molecule has 0 saturated heterocycles. The highest BCUT2D eigenvalue weighted by Crippen LogP contribution is 2.34. The molecule has 0 aromatic heterocycles. The Hall–Kier alpha value is -2.74. The van der Waals surface area contributed by atoms with Gasteiger partial charge in [-0.2, -0.15) is 0 Å². The van der Waals surface area contributed by atoms with Gasteiger partial charge in [0.15, 0.2) is 9.84 Å². The zero-order chi connectivity index (χ0) is 22.1. The molecule has 2 aromatic rings. The van der Waals surface area contributed by atoms with Gasteiger partial charge < -0.3 is 10.2 Å². The van der Waals surface area contributed by atoms with E-state index in [-0.39, 0.29) is 34.7 Å². The van der Waals surface area contributed by atoms with Gasteiger partial charge in [0.25, 0.3) is 0 Å². The second-order valence-corrected chi connectivity index (χ2v) is 9.65. The molecule has 0 aliphatic carbocycles. The highest BCUT2D eigenvalue weighted by molar-refractivity contribution is 7.91. The Morgan fingerprint density at radius 2 is 1.93 bits per heavy atom. The molecular formula is C22H25FN2O4S. The quantitative estimate of drug-likeness (QED) is 0.756. The minimum Gasteiger partial charge on any atom is -0.326 e. The van der Waals surface area contributed by atoms with Gasteiger partial charge in [0.2, 0.25) is 11.8 Å². The number of rotatable bonds is 6. The number of sulfone groups is 1. The largest absolute Gasteiger partial charge is 0.326 e. The summed E-state index contributed by atoms with van der Waals surface area (Å²) >= 11 is 0. The molecule has 1 heterocycles. The van der Waals surface area contributed by atoms with Gasteiger partial charge in [0.05, 0.1) is 10.6 Å². The van der Waals surface area contributed by atoms with E-state index < -0.39 is 21.6 Å². The van der Waals surface area contributed by atoms with Gasteiger partial charge >= 0.3 is 0 Å². The Kier molecular flexibility index (Phi) is 6.26. The van der Waals surface area contributed by atoms with Crippen LogP contribution < -0.4 is 10.2 Å². The van der Waals surface area contributed by atoms with E-state index in [0.29, 0.717) is 18.4 Å². The molecule has 1 aliphatic rings. The Bertz CT molecular complexity index is 1100. The van der Waals surface area contributed by atoms with Crippen molar-refractivity contribution < 1.29 is 22.4 Å². The average Bonchev–Trinajstić information content (AvgIpc) is 3.03. The van der Waals surface area contributed by atoms with E-state index in [9.17, 15) is 22.4 Å². The highest BCUT2D eigenvalue weighted by Gasteiger charge is 2.31. The van der Waals surface area contributed by atoms with Crippen LogP contribution in [-0.2, 0) is 25.8 Å². The highest BCUT2D eigenvalue weighted by atomic mass is 32.2. The summed E-state index contributed by atoms with van der Waals surface area (Å²) in [6.45, 7) is 5.34. The summed E-state index contributed by atoms with van der Waals surface area (Å²) in [5, 5.41) is 2.52. The fourth-order valence-corrected chi connectivity index (χ4v) is 4.88. The van der Waals surface area contributed by atoms with Crippen LogP contribution in [0.1, 0.15) is 37.8 Å². The topological polar surface area (TPSA) is 83.6 Å².